The van der Waals surface area contributed by atoms with Crippen LogP contribution >= 0.6 is 0 Å². The van der Waals surface area contributed by atoms with Crippen molar-refractivity contribution < 1.29 is 13.6 Å². The number of hydrogen-bond acceptors (Lipinski definition) is 3. The van der Waals surface area contributed by atoms with Crippen molar-refractivity contribution in [2.75, 3.05) is 5.32 Å². The normalized spacial score (nSPS) is 23.1. The molecule has 0 unspecified atom stereocenters. The summed E-state index contributed by atoms with van der Waals surface area (Å²) in [5, 5.41) is 2.99. The molecule has 0 radical (unpaired) electrons. The topological polar surface area (TPSA) is 81.1 Å². The largest absolute Gasteiger partial charge is 0.380 e. The van der Waals surface area contributed by atoms with Gasteiger partial charge in [0.15, 0.2) is 0 Å². The first-order chi connectivity index (χ1) is 8.97. The third-order valence-electron chi connectivity index (χ3n) is 3.45. The summed E-state index contributed by atoms with van der Waals surface area (Å²) in [7, 11) is 0. The number of amides is 1. The van der Waals surface area contributed by atoms with Crippen LogP contribution in [0.1, 0.15) is 36.0 Å². The molecule has 19 heavy (non-hydrogen) atoms. The van der Waals surface area contributed by atoms with Gasteiger partial charge < -0.3 is 16.8 Å². The van der Waals surface area contributed by atoms with Gasteiger partial charge in [0, 0.05) is 18.2 Å². The number of carbonyl (C=O) groups excluding carboxylic acids is 1. The van der Waals surface area contributed by atoms with Crippen LogP contribution in [0.4, 0.5) is 14.5 Å². The van der Waals surface area contributed by atoms with Crippen molar-refractivity contribution in [2.24, 2.45) is 11.5 Å². The van der Waals surface area contributed by atoms with Crippen LogP contribution in [0.5, 0.6) is 0 Å². The molecule has 0 aromatic heterocycles. The third-order valence-corrected chi connectivity index (χ3v) is 3.45. The molecule has 104 valence electrons. The predicted molar refractivity (Wildman–Crippen MR) is 68.7 cm³/mol. The molecule has 0 atom stereocenters. The first-order valence-corrected chi connectivity index (χ1v) is 6.28. The highest BCUT2D eigenvalue weighted by Gasteiger charge is 2.20. The lowest BCUT2D eigenvalue weighted by atomic mass is 9.91. The molecular formula is C13H17F2N3O. The van der Waals surface area contributed by atoms with Crippen molar-refractivity contribution in [3.8, 4) is 0 Å². The van der Waals surface area contributed by atoms with Crippen LogP contribution in [0.25, 0.3) is 0 Å². The number of nitrogens with two attached hydrogens (primary N) is 2. The Labute approximate surface area is 110 Å². The molecule has 6 heteroatoms. The fraction of sp³-hybridized carbons (Fsp3) is 0.462. The SMILES string of the molecule is NC(=O)c1cc(NC2CCC(N)CC2)c(F)cc1F. The lowest BCUT2D eigenvalue weighted by molar-refractivity contribution is 0.0996. The van der Waals surface area contributed by atoms with E-state index in [0.717, 1.165) is 31.7 Å². The predicted octanol–water partition coefficient (Wildman–Crippen LogP) is 1.75. The van der Waals surface area contributed by atoms with Crippen LogP contribution in [-0.2, 0) is 0 Å². The molecule has 0 aliphatic heterocycles. The summed E-state index contributed by atoms with van der Waals surface area (Å²) >= 11 is 0. The molecule has 1 aromatic carbocycles. The average molecular weight is 269 g/mol. The quantitative estimate of drug-likeness (QED) is 0.782. The zero-order valence-electron chi connectivity index (χ0n) is 10.5. The van der Waals surface area contributed by atoms with Crippen molar-refractivity contribution in [2.45, 2.75) is 37.8 Å². The lowest BCUT2D eigenvalue weighted by Crippen LogP contribution is -2.33. The Morgan fingerprint density at radius 2 is 1.79 bits per heavy atom. The second-order valence-corrected chi connectivity index (χ2v) is 4.93. The van der Waals surface area contributed by atoms with Crippen LogP contribution in [0.3, 0.4) is 0 Å². The number of primary amides is 1. The van der Waals surface area contributed by atoms with Gasteiger partial charge in [-0.1, -0.05) is 0 Å². The summed E-state index contributed by atoms with van der Waals surface area (Å²) in [6, 6.07) is 2.08. The second kappa shape index (κ2) is 5.52. The molecule has 1 aromatic rings. The van der Waals surface area contributed by atoms with Crippen LogP contribution in [0.2, 0.25) is 0 Å². The van der Waals surface area contributed by atoms with Crippen molar-refractivity contribution in [3.05, 3.63) is 29.3 Å². The van der Waals surface area contributed by atoms with Crippen LogP contribution in [0.15, 0.2) is 12.1 Å². The highest BCUT2D eigenvalue weighted by molar-refractivity contribution is 5.94. The summed E-state index contributed by atoms with van der Waals surface area (Å²) in [4.78, 5) is 11.0. The van der Waals surface area contributed by atoms with Gasteiger partial charge in [0.05, 0.1) is 11.3 Å². The number of anilines is 1. The molecule has 1 aliphatic rings. The molecule has 1 aliphatic carbocycles. The number of carbonyl (C=O) groups is 1. The number of nitrogens with one attached hydrogen (secondary N) is 1. The van der Waals surface area contributed by atoms with Gasteiger partial charge in [0.2, 0.25) is 0 Å². The molecule has 0 spiro atoms. The van der Waals surface area contributed by atoms with Crippen LogP contribution in [0, 0.1) is 11.6 Å². The number of halogens is 2. The molecule has 0 bridgehead atoms. The summed E-state index contributed by atoms with van der Waals surface area (Å²) in [5.74, 6) is -2.58. The van der Waals surface area contributed by atoms with Crippen molar-refractivity contribution in [1.82, 2.24) is 0 Å². The van der Waals surface area contributed by atoms with Gasteiger partial charge in [0.1, 0.15) is 11.6 Å². The van der Waals surface area contributed by atoms with E-state index >= 15 is 0 Å². The maximum atomic E-state index is 13.6. The van der Waals surface area contributed by atoms with Gasteiger partial charge >= 0.3 is 0 Å². The molecular weight excluding hydrogens is 252 g/mol. The minimum Gasteiger partial charge on any atom is -0.380 e. The molecule has 5 N–H and O–H groups in total. The van der Waals surface area contributed by atoms with Crippen molar-refractivity contribution in [1.29, 1.82) is 0 Å². The standard InChI is InChI=1S/C13H17F2N3O/c14-10-6-11(15)12(5-9(10)13(17)19)18-8-3-1-7(16)2-4-8/h5-8,18H,1-4,16H2,(H2,17,19). The fourth-order valence-corrected chi connectivity index (χ4v) is 2.33. The summed E-state index contributed by atoms with van der Waals surface area (Å²) in [6.07, 6.45) is 3.38. The van der Waals surface area contributed by atoms with E-state index in [1.54, 1.807) is 0 Å². The summed E-state index contributed by atoms with van der Waals surface area (Å²) in [5.41, 5.74) is 10.6. The molecule has 1 amide bonds. The average Bonchev–Trinajstić information content (AvgIpc) is 2.34. The first kappa shape index (κ1) is 13.7. The Hall–Kier alpha value is -1.69. The zero-order valence-corrected chi connectivity index (χ0v) is 10.5. The minimum absolute atomic E-state index is 0.0838. The lowest BCUT2D eigenvalue weighted by Gasteiger charge is -2.27. The first-order valence-electron chi connectivity index (χ1n) is 6.28. The van der Waals surface area contributed by atoms with Gasteiger partial charge in [0.25, 0.3) is 5.91 Å². The van der Waals surface area contributed by atoms with Crippen molar-refractivity contribution in [3.63, 3.8) is 0 Å². The maximum Gasteiger partial charge on any atom is 0.251 e. The Kier molecular flexibility index (Phi) is 3.99. The number of rotatable bonds is 3. The molecule has 1 fully saturated rings. The third kappa shape index (κ3) is 3.20. The molecule has 0 heterocycles. The van der Waals surface area contributed by atoms with Crippen LogP contribution in [-0.4, -0.2) is 18.0 Å². The molecule has 1 saturated carbocycles. The highest BCUT2D eigenvalue weighted by Crippen LogP contribution is 2.25. The molecule has 2 rings (SSSR count). The second-order valence-electron chi connectivity index (χ2n) is 4.93. The van der Waals surface area contributed by atoms with E-state index in [1.165, 1.54) is 0 Å². The summed E-state index contributed by atoms with van der Waals surface area (Å²) < 4.78 is 27.0. The smallest absolute Gasteiger partial charge is 0.251 e. The summed E-state index contributed by atoms with van der Waals surface area (Å²) in [6.45, 7) is 0. The van der Waals surface area contributed by atoms with E-state index in [1.807, 2.05) is 0 Å². The number of hydrogen-bond donors (Lipinski definition) is 3. The van der Waals surface area contributed by atoms with Gasteiger partial charge in [-0.25, -0.2) is 8.78 Å². The minimum atomic E-state index is -0.943. The maximum absolute atomic E-state index is 13.6. The van der Waals surface area contributed by atoms with Gasteiger partial charge in [-0.05, 0) is 31.7 Å². The Bertz CT molecular complexity index is 485. The Morgan fingerprint density at radius 1 is 1.16 bits per heavy atom. The monoisotopic (exact) mass is 269 g/mol. The van der Waals surface area contributed by atoms with Gasteiger partial charge in [-0.2, -0.15) is 0 Å². The van der Waals surface area contributed by atoms with E-state index in [-0.39, 0.29) is 23.3 Å². The van der Waals surface area contributed by atoms with E-state index < -0.39 is 17.5 Å². The van der Waals surface area contributed by atoms with Gasteiger partial charge in [-0.3, -0.25) is 4.79 Å². The zero-order chi connectivity index (χ0) is 14.0. The fourth-order valence-electron chi connectivity index (χ4n) is 2.33. The molecule has 4 nitrogen and oxygen atoms in total. The van der Waals surface area contributed by atoms with Crippen molar-refractivity contribution >= 4 is 11.6 Å². The number of benzene rings is 1. The highest BCUT2D eigenvalue weighted by atomic mass is 19.1. The molecule has 0 saturated heterocycles. The Balaban J connectivity index is 2.15. The Morgan fingerprint density at radius 3 is 2.37 bits per heavy atom. The van der Waals surface area contributed by atoms with E-state index in [9.17, 15) is 13.6 Å². The van der Waals surface area contributed by atoms with E-state index in [0.29, 0.717) is 6.07 Å². The van der Waals surface area contributed by atoms with Gasteiger partial charge in [-0.15, -0.1) is 0 Å². The van der Waals surface area contributed by atoms with E-state index in [2.05, 4.69) is 5.32 Å². The van der Waals surface area contributed by atoms with Crippen LogP contribution < -0.4 is 16.8 Å². The van der Waals surface area contributed by atoms with E-state index in [4.69, 9.17) is 11.5 Å².